The molecule has 0 saturated heterocycles. The molecule has 0 saturated carbocycles. The van der Waals surface area contributed by atoms with Crippen molar-refractivity contribution in [2.24, 2.45) is 0 Å². The number of carbonyl (C=O) groups excluding carboxylic acids is 1. The Balaban J connectivity index is 1.82. The second-order valence-electron chi connectivity index (χ2n) is 4.97. The number of anilines is 1. The molecule has 0 aromatic heterocycles. The summed E-state index contributed by atoms with van der Waals surface area (Å²) in [6, 6.07) is 11.5. The summed E-state index contributed by atoms with van der Waals surface area (Å²) in [4.78, 5) is 22.0. The van der Waals surface area contributed by atoms with Gasteiger partial charge in [-0.25, -0.2) is 0 Å². The number of benzene rings is 2. The first kappa shape index (κ1) is 16.8. The maximum absolute atomic E-state index is 11.9. The van der Waals surface area contributed by atoms with Crippen LogP contribution in [0, 0.1) is 17.0 Å². The third kappa shape index (κ3) is 4.69. The van der Waals surface area contributed by atoms with Gasteiger partial charge in [0.25, 0.3) is 11.6 Å². The molecule has 6 nitrogen and oxygen atoms in total. The van der Waals surface area contributed by atoms with Crippen LogP contribution in [-0.4, -0.2) is 23.9 Å². The molecule has 2 rings (SSSR count). The van der Waals surface area contributed by atoms with E-state index in [0.29, 0.717) is 24.3 Å². The number of hydrogen-bond acceptors (Lipinski definition) is 4. The molecule has 0 aliphatic rings. The van der Waals surface area contributed by atoms with Gasteiger partial charge in [0.2, 0.25) is 0 Å². The second kappa shape index (κ2) is 7.60. The largest absolute Gasteiger partial charge is 0.382 e. The van der Waals surface area contributed by atoms with Crippen molar-refractivity contribution in [2.45, 2.75) is 6.92 Å². The quantitative estimate of drug-likeness (QED) is 0.482. The first-order valence-corrected chi connectivity index (χ1v) is 7.38. The molecule has 2 N–H and O–H groups in total. The first-order chi connectivity index (χ1) is 11.0. The summed E-state index contributed by atoms with van der Waals surface area (Å²) in [5, 5.41) is 16.7. The number of amides is 1. The highest BCUT2D eigenvalue weighted by Crippen LogP contribution is 2.26. The Morgan fingerprint density at radius 3 is 2.48 bits per heavy atom. The van der Waals surface area contributed by atoms with Crippen LogP contribution in [0.1, 0.15) is 15.9 Å². The van der Waals surface area contributed by atoms with Gasteiger partial charge >= 0.3 is 0 Å². The maximum Gasteiger partial charge on any atom is 0.271 e. The number of rotatable bonds is 6. The highest BCUT2D eigenvalue weighted by molar-refractivity contribution is 6.33. The number of nitrogens with one attached hydrogen (secondary N) is 2. The van der Waals surface area contributed by atoms with E-state index in [-0.39, 0.29) is 16.6 Å². The number of non-ortho nitro benzene ring substituents is 1. The monoisotopic (exact) mass is 333 g/mol. The molecule has 1 amide bonds. The fourth-order valence-corrected chi connectivity index (χ4v) is 2.18. The van der Waals surface area contributed by atoms with Crippen molar-refractivity contribution in [1.82, 2.24) is 5.32 Å². The van der Waals surface area contributed by atoms with Crippen LogP contribution in [0.2, 0.25) is 5.02 Å². The molecule has 2 aromatic rings. The van der Waals surface area contributed by atoms with Gasteiger partial charge in [0.05, 0.1) is 15.6 Å². The SMILES string of the molecule is Cc1ccc(C(=O)NCCNc2ccc([N+](=O)[O-])cc2Cl)cc1. The van der Waals surface area contributed by atoms with E-state index in [4.69, 9.17) is 11.6 Å². The van der Waals surface area contributed by atoms with Gasteiger partial charge in [-0.2, -0.15) is 0 Å². The minimum atomic E-state index is -0.503. The van der Waals surface area contributed by atoms with E-state index in [1.165, 1.54) is 12.1 Å². The van der Waals surface area contributed by atoms with Crippen molar-refractivity contribution in [2.75, 3.05) is 18.4 Å². The number of halogens is 1. The van der Waals surface area contributed by atoms with E-state index in [1.807, 2.05) is 19.1 Å². The zero-order valence-corrected chi connectivity index (χ0v) is 13.3. The van der Waals surface area contributed by atoms with Crippen molar-refractivity contribution in [3.63, 3.8) is 0 Å². The molecule has 0 atom stereocenters. The van der Waals surface area contributed by atoms with Crippen LogP contribution >= 0.6 is 11.6 Å². The van der Waals surface area contributed by atoms with Crippen LogP contribution in [0.5, 0.6) is 0 Å². The summed E-state index contributed by atoms with van der Waals surface area (Å²) < 4.78 is 0. The zero-order chi connectivity index (χ0) is 16.8. The van der Waals surface area contributed by atoms with Crippen LogP contribution in [0.3, 0.4) is 0 Å². The van der Waals surface area contributed by atoms with Crippen molar-refractivity contribution in [1.29, 1.82) is 0 Å². The van der Waals surface area contributed by atoms with E-state index in [9.17, 15) is 14.9 Å². The van der Waals surface area contributed by atoms with Gasteiger partial charge in [-0.15, -0.1) is 0 Å². The zero-order valence-electron chi connectivity index (χ0n) is 12.5. The standard InChI is InChI=1S/C16H16ClN3O3/c1-11-2-4-12(5-3-11)16(21)19-9-8-18-15-7-6-13(20(22)23)10-14(15)17/h2-7,10,18H,8-9H2,1H3,(H,19,21). The summed E-state index contributed by atoms with van der Waals surface area (Å²) in [6.07, 6.45) is 0. The highest BCUT2D eigenvalue weighted by Gasteiger charge is 2.09. The first-order valence-electron chi connectivity index (χ1n) is 7.00. The van der Waals surface area contributed by atoms with Crippen molar-refractivity contribution < 1.29 is 9.72 Å². The van der Waals surface area contributed by atoms with E-state index >= 15 is 0 Å². The molecule has 0 aliphatic heterocycles. The molecule has 0 spiro atoms. The van der Waals surface area contributed by atoms with Crippen LogP contribution in [0.25, 0.3) is 0 Å². The summed E-state index contributed by atoms with van der Waals surface area (Å²) in [5.74, 6) is -0.151. The average molecular weight is 334 g/mol. The number of aryl methyl sites for hydroxylation is 1. The van der Waals surface area contributed by atoms with Gasteiger partial charge in [0, 0.05) is 30.8 Å². The third-order valence-corrected chi connectivity index (χ3v) is 3.52. The van der Waals surface area contributed by atoms with E-state index in [1.54, 1.807) is 18.2 Å². The molecular formula is C16H16ClN3O3. The molecule has 0 heterocycles. The number of nitro benzene ring substituents is 1. The Hall–Kier alpha value is -2.60. The van der Waals surface area contributed by atoms with Gasteiger partial charge in [-0.3, -0.25) is 14.9 Å². The summed E-state index contributed by atoms with van der Waals surface area (Å²) in [5.41, 5.74) is 2.22. The number of nitrogens with zero attached hydrogens (tertiary/aromatic N) is 1. The molecule has 7 heteroatoms. The molecule has 0 fully saturated rings. The lowest BCUT2D eigenvalue weighted by Gasteiger charge is -2.09. The molecule has 0 aliphatic carbocycles. The predicted molar refractivity (Wildman–Crippen MR) is 90.1 cm³/mol. The van der Waals surface area contributed by atoms with Crippen LogP contribution < -0.4 is 10.6 Å². The number of hydrogen-bond donors (Lipinski definition) is 2. The van der Waals surface area contributed by atoms with Crippen molar-refractivity contribution in [3.8, 4) is 0 Å². The third-order valence-electron chi connectivity index (χ3n) is 3.20. The topological polar surface area (TPSA) is 84.3 Å². The average Bonchev–Trinajstić information content (AvgIpc) is 2.53. The van der Waals surface area contributed by atoms with E-state index in [0.717, 1.165) is 5.56 Å². The molecule has 0 unspecified atom stereocenters. The fourth-order valence-electron chi connectivity index (χ4n) is 1.94. The van der Waals surface area contributed by atoms with Gasteiger partial charge < -0.3 is 10.6 Å². The maximum atomic E-state index is 11.9. The minimum Gasteiger partial charge on any atom is -0.382 e. The fraction of sp³-hybridized carbons (Fsp3) is 0.188. The van der Waals surface area contributed by atoms with E-state index < -0.39 is 4.92 Å². The lowest BCUT2D eigenvalue weighted by molar-refractivity contribution is -0.384. The normalized spacial score (nSPS) is 10.2. The van der Waals surface area contributed by atoms with Crippen molar-refractivity contribution in [3.05, 3.63) is 68.7 Å². The molecular weight excluding hydrogens is 318 g/mol. The van der Waals surface area contributed by atoms with Crippen LogP contribution in [0.4, 0.5) is 11.4 Å². The van der Waals surface area contributed by atoms with Crippen LogP contribution in [0.15, 0.2) is 42.5 Å². The summed E-state index contributed by atoms with van der Waals surface area (Å²) in [7, 11) is 0. The van der Waals surface area contributed by atoms with Gasteiger partial charge in [0.1, 0.15) is 0 Å². The lowest BCUT2D eigenvalue weighted by Crippen LogP contribution is -2.28. The van der Waals surface area contributed by atoms with Crippen molar-refractivity contribution >= 4 is 28.9 Å². The predicted octanol–water partition coefficient (Wildman–Crippen LogP) is 3.40. The smallest absolute Gasteiger partial charge is 0.271 e. The van der Waals surface area contributed by atoms with Gasteiger partial charge in [-0.1, -0.05) is 29.3 Å². The Kier molecular flexibility index (Phi) is 5.54. The molecule has 0 radical (unpaired) electrons. The summed E-state index contributed by atoms with van der Waals surface area (Å²) in [6.45, 7) is 2.81. The molecule has 120 valence electrons. The number of nitro groups is 1. The molecule has 2 aromatic carbocycles. The minimum absolute atomic E-state index is 0.0618. The van der Waals surface area contributed by atoms with Gasteiger partial charge in [-0.05, 0) is 25.1 Å². The van der Waals surface area contributed by atoms with Gasteiger partial charge in [0.15, 0.2) is 0 Å². The Bertz CT molecular complexity index is 717. The molecule has 23 heavy (non-hydrogen) atoms. The molecule has 0 bridgehead atoms. The second-order valence-corrected chi connectivity index (χ2v) is 5.38. The lowest BCUT2D eigenvalue weighted by atomic mass is 10.1. The Morgan fingerprint density at radius 2 is 1.87 bits per heavy atom. The van der Waals surface area contributed by atoms with E-state index in [2.05, 4.69) is 10.6 Å². The highest BCUT2D eigenvalue weighted by atomic mass is 35.5. The Labute approximate surface area is 138 Å². The number of carbonyl (C=O) groups is 1. The summed E-state index contributed by atoms with van der Waals surface area (Å²) >= 11 is 5.97. The Morgan fingerprint density at radius 1 is 1.17 bits per heavy atom. The van der Waals surface area contributed by atoms with Crippen LogP contribution in [-0.2, 0) is 0 Å².